The summed E-state index contributed by atoms with van der Waals surface area (Å²) in [5.41, 5.74) is 6.60. The summed E-state index contributed by atoms with van der Waals surface area (Å²) < 4.78 is 1.72. The zero-order chi connectivity index (χ0) is 22.1. The number of nitrogens with zero attached hydrogens (tertiary/aromatic N) is 3. The third-order valence-electron chi connectivity index (χ3n) is 5.28. The third-order valence-corrected chi connectivity index (χ3v) is 5.60. The standard InChI is InChI=1S/C25H23ClN4O/c1-15-7-5-9-19(13-15)24-28-23(25(31)27-22-17(3)8-6-10-21(22)26)29-30(24)20-12-11-16(2)18(4)14-20/h5-14H,1-4H3,(H,27,31). The normalized spacial score (nSPS) is 10.9. The van der Waals surface area contributed by atoms with Crippen LogP contribution >= 0.6 is 11.6 Å². The fourth-order valence-corrected chi connectivity index (χ4v) is 3.65. The molecule has 0 atom stereocenters. The molecule has 4 rings (SSSR count). The largest absolute Gasteiger partial charge is 0.318 e. The van der Waals surface area contributed by atoms with Crippen LogP contribution in [0.2, 0.25) is 5.02 Å². The number of para-hydroxylation sites is 1. The van der Waals surface area contributed by atoms with Crippen molar-refractivity contribution in [2.75, 3.05) is 5.32 Å². The summed E-state index contributed by atoms with van der Waals surface area (Å²) in [6.45, 7) is 8.03. The first-order chi connectivity index (χ1) is 14.8. The molecule has 0 saturated carbocycles. The zero-order valence-corrected chi connectivity index (χ0v) is 18.7. The highest BCUT2D eigenvalue weighted by Gasteiger charge is 2.20. The van der Waals surface area contributed by atoms with Gasteiger partial charge in [-0.25, -0.2) is 9.67 Å². The lowest BCUT2D eigenvalue weighted by Gasteiger charge is -2.09. The molecule has 0 fully saturated rings. The molecule has 0 bridgehead atoms. The third kappa shape index (κ3) is 4.23. The van der Waals surface area contributed by atoms with E-state index in [1.807, 2.05) is 68.4 Å². The number of nitrogens with one attached hydrogen (secondary N) is 1. The molecule has 1 amide bonds. The molecular formula is C25H23ClN4O. The van der Waals surface area contributed by atoms with Gasteiger partial charge in [0.2, 0.25) is 5.82 Å². The summed E-state index contributed by atoms with van der Waals surface area (Å²) >= 11 is 6.28. The number of carbonyl (C=O) groups excluding carboxylic acids is 1. The first-order valence-electron chi connectivity index (χ1n) is 10.0. The van der Waals surface area contributed by atoms with Gasteiger partial charge in [-0.2, -0.15) is 0 Å². The van der Waals surface area contributed by atoms with Crippen molar-refractivity contribution < 1.29 is 4.79 Å². The van der Waals surface area contributed by atoms with Crippen LogP contribution in [0.15, 0.2) is 60.7 Å². The van der Waals surface area contributed by atoms with Crippen LogP contribution in [-0.4, -0.2) is 20.7 Å². The van der Waals surface area contributed by atoms with E-state index in [1.54, 1.807) is 10.7 Å². The lowest BCUT2D eigenvalue weighted by molar-refractivity contribution is 0.101. The molecule has 3 aromatic carbocycles. The Morgan fingerprint density at radius 1 is 0.903 bits per heavy atom. The summed E-state index contributed by atoms with van der Waals surface area (Å²) in [6, 6.07) is 19.5. The van der Waals surface area contributed by atoms with Crippen molar-refractivity contribution in [3.8, 4) is 17.1 Å². The Morgan fingerprint density at radius 2 is 1.68 bits per heavy atom. The number of amides is 1. The molecule has 0 aliphatic heterocycles. The van der Waals surface area contributed by atoms with Crippen LogP contribution in [0.25, 0.3) is 17.1 Å². The minimum Gasteiger partial charge on any atom is -0.318 e. The quantitative estimate of drug-likeness (QED) is 0.427. The van der Waals surface area contributed by atoms with Crippen molar-refractivity contribution in [1.82, 2.24) is 14.8 Å². The van der Waals surface area contributed by atoms with Crippen molar-refractivity contribution in [2.24, 2.45) is 0 Å². The number of rotatable bonds is 4. The number of hydrogen-bond acceptors (Lipinski definition) is 3. The molecule has 0 unspecified atom stereocenters. The lowest BCUT2D eigenvalue weighted by Crippen LogP contribution is -2.15. The minimum atomic E-state index is -0.410. The number of benzene rings is 3. The van der Waals surface area contributed by atoms with Crippen molar-refractivity contribution in [3.63, 3.8) is 0 Å². The summed E-state index contributed by atoms with van der Waals surface area (Å²) in [7, 11) is 0. The summed E-state index contributed by atoms with van der Waals surface area (Å²) in [6.07, 6.45) is 0. The van der Waals surface area contributed by atoms with Crippen molar-refractivity contribution in [1.29, 1.82) is 0 Å². The highest BCUT2D eigenvalue weighted by atomic mass is 35.5. The van der Waals surface area contributed by atoms with Crippen LogP contribution in [-0.2, 0) is 0 Å². The van der Waals surface area contributed by atoms with Gasteiger partial charge in [0.15, 0.2) is 5.82 Å². The van der Waals surface area contributed by atoms with Gasteiger partial charge < -0.3 is 5.32 Å². The summed E-state index contributed by atoms with van der Waals surface area (Å²) in [4.78, 5) is 17.6. The molecule has 0 saturated heterocycles. The number of hydrogen-bond donors (Lipinski definition) is 1. The topological polar surface area (TPSA) is 59.8 Å². The van der Waals surface area contributed by atoms with Crippen LogP contribution in [0, 0.1) is 27.7 Å². The molecule has 0 aliphatic rings. The molecule has 1 aromatic heterocycles. The Morgan fingerprint density at radius 3 is 2.39 bits per heavy atom. The van der Waals surface area contributed by atoms with Gasteiger partial charge in [-0.05, 0) is 68.7 Å². The predicted octanol–water partition coefficient (Wildman–Crippen LogP) is 6.07. The Bertz CT molecular complexity index is 1270. The monoisotopic (exact) mass is 430 g/mol. The first-order valence-corrected chi connectivity index (χ1v) is 10.4. The average Bonchev–Trinajstić information content (AvgIpc) is 3.18. The van der Waals surface area contributed by atoms with Crippen LogP contribution in [0.4, 0.5) is 5.69 Å². The van der Waals surface area contributed by atoms with E-state index in [1.165, 1.54) is 5.56 Å². The number of aryl methyl sites for hydroxylation is 4. The lowest BCUT2D eigenvalue weighted by atomic mass is 10.1. The molecule has 4 aromatic rings. The molecule has 31 heavy (non-hydrogen) atoms. The molecule has 0 aliphatic carbocycles. The summed E-state index contributed by atoms with van der Waals surface area (Å²) in [5, 5.41) is 7.90. The van der Waals surface area contributed by atoms with Gasteiger partial charge >= 0.3 is 0 Å². The molecule has 1 heterocycles. The summed E-state index contributed by atoms with van der Waals surface area (Å²) in [5.74, 6) is 0.273. The molecule has 1 N–H and O–H groups in total. The molecule has 5 nitrogen and oxygen atoms in total. The van der Waals surface area contributed by atoms with Crippen LogP contribution in [0.3, 0.4) is 0 Å². The van der Waals surface area contributed by atoms with E-state index in [2.05, 4.69) is 29.2 Å². The second-order valence-corrected chi connectivity index (χ2v) is 8.10. The van der Waals surface area contributed by atoms with E-state index in [-0.39, 0.29) is 5.82 Å². The molecule has 6 heteroatoms. The second kappa shape index (κ2) is 8.36. The Balaban J connectivity index is 1.81. The predicted molar refractivity (Wildman–Crippen MR) is 125 cm³/mol. The van der Waals surface area contributed by atoms with Gasteiger partial charge in [-0.15, -0.1) is 5.10 Å². The van der Waals surface area contributed by atoms with Gasteiger partial charge in [-0.1, -0.05) is 53.6 Å². The van der Waals surface area contributed by atoms with Crippen LogP contribution in [0.1, 0.15) is 32.9 Å². The van der Waals surface area contributed by atoms with Gasteiger partial charge in [0.1, 0.15) is 0 Å². The van der Waals surface area contributed by atoms with Crippen molar-refractivity contribution in [2.45, 2.75) is 27.7 Å². The fourth-order valence-electron chi connectivity index (χ4n) is 3.38. The minimum absolute atomic E-state index is 0.0778. The Hall–Kier alpha value is -3.44. The van der Waals surface area contributed by atoms with Gasteiger partial charge in [0.25, 0.3) is 5.91 Å². The Labute approximate surface area is 186 Å². The maximum Gasteiger partial charge on any atom is 0.295 e. The first kappa shape index (κ1) is 20.8. The zero-order valence-electron chi connectivity index (χ0n) is 17.9. The van der Waals surface area contributed by atoms with Crippen LogP contribution < -0.4 is 5.32 Å². The van der Waals surface area contributed by atoms with Crippen molar-refractivity contribution >= 4 is 23.2 Å². The average molecular weight is 431 g/mol. The SMILES string of the molecule is Cc1cccc(-c2nc(C(=O)Nc3c(C)cccc3Cl)nn2-c2ccc(C)c(C)c2)c1. The van der Waals surface area contributed by atoms with E-state index in [0.717, 1.165) is 27.9 Å². The number of anilines is 1. The molecular weight excluding hydrogens is 408 g/mol. The van der Waals surface area contributed by atoms with Crippen LogP contribution in [0.5, 0.6) is 0 Å². The molecule has 156 valence electrons. The fraction of sp³-hybridized carbons (Fsp3) is 0.160. The van der Waals surface area contributed by atoms with E-state index in [9.17, 15) is 4.79 Å². The van der Waals surface area contributed by atoms with E-state index in [0.29, 0.717) is 16.5 Å². The van der Waals surface area contributed by atoms with E-state index in [4.69, 9.17) is 11.6 Å². The highest BCUT2D eigenvalue weighted by molar-refractivity contribution is 6.34. The Kier molecular flexibility index (Phi) is 5.61. The second-order valence-electron chi connectivity index (χ2n) is 7.69. The maximum atomic E-state index is 13.0. The van der Waals surface area contributed by atoms with Gasteiger partial charge in [-0.3, -0.25) is 4.79 Å². The number of carbonyl (C=O) groups is 1. The number of halogens is 1. The van der Waals surface area contributed by atoms with Gasteiger partial charge in [0, 0.05) is 5.56 Å². The maximum absolute atomic E-state index is 13.0. The highest BCUT2D eigenvalue weighted by Crippen LogP contribution is 2.27. The van der Waals surface area contributed by atoms with Gasteiger partial charge in [0.05, 0.1) is 16.4 Å². The van der Waals surface area contributed by atoms with E-state index >= 15 is 0 Å². The van der Waals surface area contributed by atoms with E-state index < -0.39 is 5.91 Å². The smallest absolute Gasteiger partial charge is 0.295 e. The van der Waals surface area contributed by atoms with Crippen molar-refractivity contribution in [3.05, 3.63) is 93.8 Å². The molecule has 0 radical (unpaired) electrons. The number of aromatic nitrogens is 3. The molecule has 0 spiro atoms.